The zero-order valence-corrected chi connectivity index (χ0v) is 21.9. The molecule has 3 heterocycles. The highest BCUT2D eigenvalue weighted by Gasteiger charge is 2.44. The van der Waals surface area contributed by atoms with E-state index in [1.807, 2.05) is 29.8 Å². The molecule has 37 heavy (non-hydrogen) atoms. The van der Waals surface area contributed by atoms with Crippen molar-refractivity contribution in [2.75, 3.05) is 19.3 Å². The third-order valence-corrected chi connectivity index (χ3v) is 9.03. The molecule has 4 aromatic rings. The van der Waals surface area contributed by atoms with E-state index in [4.69, 9.17) is 22.3 Å². The van der Waals surface area contributed by atoms with Crippen LogP contribution in [-0.4, -0.2) is 71.5 Å². The van der Waals surface area contributed by atoms with Crippen molar-refractivity contribution in [2.45, 2.75) is 63.3 Å². The minimum Gasteiger partial charge on any atom is -0.390 e. The lowest BCUT2D eigenvalue weighted by Crippen LogP contribution is -2.46. The number of nitrogens with two attached hydrogens (primary N) is 1. The molecule has 196 valence electrons. The lowest BCUT2D eigenvalue weighted by Gasteiger charge is -2.42. The molecule has 3 aromatic heterocycles. The first-order valence-corrected chi connectivity index (χ1v) is 13.4. The van der Waals surface area contributed by atoms with Gasteiger partial charge in [-0.3, -0.25) is 0 Å². The molecule has 2 fully saturated rings. The van der Waals surface area contributed by atoms with Crippen LogP contribution in [0.25, 0.3) is 22.1 Å². The SMILES string of the molecule is Cc1cc2[nH]c(CCC3CC(N(C)CC4CC(n5ccc6c(N)ncnc65)C(O)C4O)C3)nc2cc1Cl. The summed E-state index contributed by atoms with van der Waals surface area (Å²) in [6, 6.07) is 6.13. The van der Waals surface area contributed by atoms with Crippen molar-refractivity contribution in [2.24, 2.45) is 11.8 Å². The average molecular weight is 524 g/mol. The number of aromatic nitrogens is 5. The highest BCUT2D eigenvalue weighted by atomic mass is 35.5. The molecule has 5 N–H and O–H groups in total. The fourth-order valence-corrected chi connectivity index (χ4v) is 6.44. The van der Waals surface area contributed by atoms with E-state index in [0.717, 1.165) is 65.1 Å². The summed E-state index contributed by atoms with van der Waals surface area (Å²) in [7, 11) is 2.14. The summed E-state index contributed by atoms with van der Waals surface area (Å²) in [5.41, 5.74) is 9.70. The van der Waals surface area contributed by atoms with Gasteiger partial charge in [0.25, 0.3) is 0 Å². The molecule has 1 aromatic carbocycles. The number of imidazole rings is 1. The Hall–Kier alpha value is -2.72. The Kier molecular flexibility index (Phi) is 6.35. The standard InChI is InChI=1S/C27H34ClN7O2/c1-14-7-20-21(11-19(14)28)33-23(32-20)4-3-15-8-17(9-15)34(2)12-16-10-22(25(37)24(16)36)35-6-5-18-26(29)30-13-31-27(18)35/h5-7,11,13,15-17,22,24-25,36-37H,3-4,8-10,12H2,1-2H3,(H,32,33)(H2,29,30,31). The average Bonchev–Trinajstić information content (AvgIpc) is 3.51. The van der Waals surface area contributed by atoms with Gasteiger partial charge < -0.3 is 30.4 Å². The number of aryl methyl sites for hydroxylation is 2. The summed E-state index contributed by atoms with van der Waals surface area (Å²) in [5.74, 6) is 2.11. The Balaban J connectivity index is 1.02. The maximum absolute atomic E-state index is 10.9. The van der Waals surface area contributed by atoms with Gasteiger partial charge in [0.15, 0.2) is 0 Å². The number of fused-ring (bicyclic) bond motifs is 2. The molecular weight excluding hydrogens is 490 g/mol. The Labute approximate surface area is 220 Å². The topological polar surface area (TPSA) is 129 Å². The zero-order valence-electron chi connectivity index (χ0n) is 21.2. The van der Waals surface area contributed by atoms with E-state index in [-0.39, 0.29) is 12.0 Å². The van der Waals surface area contributed by atoms with E-state index < -0.39 is 12.2 Å². The van der Waals surface area contributed by atoms with Crippen LogP contribution in [0.4, 0.5) is 5.82 Å². The third-order valence-electron chi connectivity index (χ3n) is 8.63. The molecular formula is C27H34ClN7O2. The molecule has 0 amide bonds. The summed E-state index contributed by atoms with van der Waals surface area (Å²) in [6.07, 6.45) is 6.73. The first-order valence-electron chi connectivity index (χ1n) is 13.1. The highest BCUT2D eigenvalue weighted by molar-refractivity contribution is 6.32. The minimum absolute atomic E-state index is 0.00786. The van der Waals surface area contributed by atoms with Gasteiger partial charge in [0.05, 0.1) is 28.6 Å². The van der Waals surface area contributed by atoms with Crippen molar-refractivity contribution in [1.82, 2.24) is 29.4 Å². The second kappa shape index (κ2) is 9.54. The van der Waals surface area contributed by atoms with Crippen LogP contribution in [0.1, 0.15) is 43.1 Å². The maximum Gasteiger partial charge on any atom is 0.145 e. The first kappa shape index (κ1) is 24.6. The number of hydrogen-bond acceptors (Lipinski definition) is 7. The number of rotatable bonds is 7. The number of halogens is 1. The molecule has 0 radical (unpaired) electrons. The van der Waals surface area contributed by atoms with Crippen LogP contribution >= 0.6 is 11.6 Å². The van der Waals surface area contributed by atoms with Crippen molar-refractivity contribution in [3.05, 3.63) is 47.1 Å². The van der Waals surface area contributed by atoms with Crippen molar-refractivity contribution in [3.8, 4) is 0 Å². The number of aliphatic hydroxyl groups is 2. The summed E-state index contributed by atoms with van der Waals surface area (Å²) in [4.78, 5) is 18.9. The van der Waals surface area contributed by atoms with Gasteiger partial charge in [0, 0.05) is 36.1 Å². The normalized spacial score (nSPS) is 27.9. The van der Waals surface area contributed by atoms with Crippen LogP contribution in [0.2, 0.25) is 5.02 Å². The maximum atomic E-state index is 10.9. The van der Waals surface area contributed by atoms with Crippen LogP contribution in [0.15, 0.2) is 30.7 Å². The summed E-state index contributed by atoms with van der Waals surface area (Å²) in [6.45, 7) is 2.76. The van der Waals surface area contributed by atoms with Crippen molar-refractivity contribution >= 4 is 39.5 Å². The van der Waals surface area contributed by atoms with Crippen LogP contribution in [0.5, 0.6) is 0 Å². The fraction of sp³-hybridized carbons (Fsp3) is 0.519. The van der Waals surface area contributed by atoms with Gasteiger partial charge in [-0.1, -0.05) is 11.6 Å². The Bertz CT molecular complexity index is 1390. The van der Waals surface area contributed by atoms with E-state index in [1.54, 1.807) is 0 Å². The van der Waals surface area contributed by atoms with Crippen LogP contribution < -0.4 is 5.73 Å². The predicted octanol–water partition coefficient (Wildman–Crippen LogP) is 3.48. The first-order chi connectivity index (χ1) is 17.8. The summed E-state index contributed by atoms with van der Waals surface area (Å²) in [5, 5.41) is 23.3. The van der Waals surface area contributed by atoms with Crippen LogP contribution in [0, 0.1) is 18.8 Å². The number of nitrogen functional groups attached to an aromatic ring is 1. The smallest absolute Gasteiger partial charge is 0.145 e. The number of H-pyrrole nitrogens is 1. The second-order valence-corrected chi connectivity index (χ2v) is 11.4. The molecule has 0 bridgehead atoms. The summed E-state index contributed by atoms with van der Waals surface area (Å²) >= 11 is 6.24. The van der Waals surface area contributed by atoms with Gasteiger partial charge in [-0.25, -0.2) is 15.0 Å². The number of nitrogens with one attached hydrogen (secondary N) is 1. The molecule has 4 unspecified atom stereocenters. The van der Waals surface area contributed by atoms with E-state index in [2.05, 4.69) is 33.0 Å². The quantitative estimate of drug-likeness (QED) is 0.292. The van der Waals surface area contributed by atoms with Crippen molar-refractivity contribution in [1.29, 1.82) is 0 Å². The number of anilines is 1. The number of benzene rings is 1. The van der Waals surface area contributed by atoms with Gasteiger partial charge in [-0.05, 0) is 69.3 Å². The highest BCUT2D eigenvalue weighted by Crippen LogP contribution is 2.40. The molecule has 2 aliphatic carbocycles. The largest absolute Gasteiger partial charge is 0.390 e. The molecule has 0 saturated heterocycles. The molecule has 6 rings (SSSR count). The van der Waals surface area contributed by atoms with Crippen molar-refractivity contribution in [3.63, 3.8) is 0 Å². The van der Waals surface area contributed by atoms with E-state index in [0.29, 0.717) is 29.8 Å². The Morgan fingerprint density at radius 3 is 2.81 bits per heavy atom. The number of aliphatic hydroxyl groups excluding tert-OH is 2. The molecule has 9 nitrogen and oxygen atoms in total. The van der Waals surface area contributed by atoms with Gasteiger partial charge >= 0.3 is 0 Å². The van der Waals surface area contributed by atoms with E-state index in [9.17, 15) is 10.2 Å². The number of nitrogens with zero attached hydrogens (tertiary/aromatic N) is 5. The van der Waals surface area contributed by atoms with Gasteiger partial charge in [-0.2, -0.15) is 0 Å². The zero-order chi connectivity index (χ0) is 25.8. The van der Waals surface area contributed by atoms with Crippen LogP contribution in [0.3, 0.4) is 0 Å². The van der Waals surface area contributed by atoms with Gasteiger partial charge in [0.1, 0.15) is 29.7 Å². The predicted molar refractivity (Wildman–Crippen MR) is 144 cm³/mol. The molecule has 10 heteroatoms. The lowest BCUT2D eigenvalue weighted by atomic mass is 9.76. The van der Waals surface area contributed by atoms with Gasteiger partial charge in [-0.15, -0.1) is 0 Å². The molecule has 0 aliphatic heterocycles. The van der Waals surface area contributed by atoms with E-state index >= 15 is 0 Å². The van der Waals surface area contributed by atoms with E-state index in [1.165, 1.54) is 6.33 Å². The lowest BCUT2D eigenvalue weighted by molar-refractivity contribution is -0.00658. The number of aromatic amines is 1. The number of hydrogen-bond donors (Lipinski definition) is 4. The Morgan fingerprint density at radius 1 is 1.19 bits per heavy atom. The van der Waals surface area contributed by atoms with Crippen LogP contribution in [-0.2, 0) is 6.42 Å². The molecule has 4 atom stereocenters. The van der Waals surface area contributed by atoms with Gasteiger partial charge in [0.2, 0.25) is 0 Å². The monoisotopic (exact) mass is 523 g/mol. The molecule has 2 aliphatic rings. The minimum atomic E-state index is -0.846. The Morgan fingerprint density at radius 2 is 2.00 bits per heavy atom. The fourth-order valence-electron chi connectivity index (χ4n) is 6.28. The summed E-state index contributed by atoms with van der Waals surface area (Å²) < 4.78 is 1.94. The third kappa shape index (κ3) is 4.48. The molecule has 2 saturated carbocycles. The second-order valence-electron chi connectivity index (χ2n) is 11.0. The molecule has 0 spiro atoms. The van der Waals surface area contributed by atoms with Crippen molar-refractivity contribution < 1.29 is 10.2 Å².